The Kier molecular flexibility index (Phi) is 6.62. The number of hydrogen-bond donors (Lipinski definition) is 3. The van der Waals surface area contributed by atoms with Crippen molar-refractivity contribution in [3.05, 3.63) is 53.3 Å². The van der Waals surface area contributed by atoms with Crippen molar-refractivity contribution >= 4 is 50.9 Å². The van der Waals surface area contributed by atoms with Gasteiger partial charge >= 0.3 is 0 Å². The van der Waals surface area contributed by atoms with E-state index in [0.717, 1.165) is 23.9 Å². The average Bonchev–Trinajstić information content (AvgIpc) is 2.92. The molecule has 3 N–H and O–H groups in total. The maximum Gasteiger partial charge on any atom is 0.248 e. The quantitative estimate of drug-likeness (QED) is 0.348. The van der Waals surface area contributed by atoms with Crippen LogP contribution in [0.2, 0.25) is 5.02 Å². The lowest BCUT2D eigenvalue weighted by Crippen LogP contribution is -2.60. The van der Waals surface area contributed by atoms with Crippen molar-refractivity contribution in [2.75, 3.05) is 62.7 Å². The van der Waals surface area contributed by atoms with Gasteiger partial charge in [0.2, 0.25) is 11.9 Å². The Labute approximate surface area is 229 Å². The number of likely N-dealkylation sites (N-methyl/N-ethyl adjacent to an activating group) is 1. The molecule has 2 aliphatic rings. The van der Waals surface area contributed by atoms with Gasteiger partial charge in [0, 0.05) is 57.3 Å². The van der Waals surface area contributed by atoms with Gasteiger partial charge in [-0.05, 0) is 34.5 Å². The molecule has 0 unspecified atom stereocenters. The number of carbonyl (C=O) groups excluding carboxylic acids is 1. The fourth-order valence-electron chi connectivity index (χ4n) is 5.35. The molecule has 2 fully saturated rings. The second-order valence-electron chi connectivity index (χ2n) is 9.96. The molecular weight excluding hydrogens is 523 g/mol. The Hall–Kier alpha value is -3.73. The van der Waals surface area contributed by atoms with E-state index in [1.54, 1.807) is 19.2 Å². The molecule has 39 heavy (non-hydrogen) atoms. The highest BCUT2D eigenvalue weighted by atomic mass is 35.5. The summed E-state index contributed by atoms with van der Waals surface area (Å²) in [6.45, 7) is 3.31. The van der Waals surface area contributed by atoms with Crippen molar-refractivity contribution in [2.45, 2.75) is 6.04 Å². The van der Waals surface area contributed by atoms with Gasteiger partial charge in [0.1, 0.15) is 23.7 Å². The molecule has 0 atom stereocenters. The number of nitrogens with one attached hydrogen (secondary N) is 1. The summed E-state index contributed by atoms with van der Waals surface area (Å²) in [5, 5.41) is 25.2. The highest BCUT2D eigenvalue weighted by molar-refractivity contribution is 6.35. The van der Waals surface area contributed by atoms with Crippen molar-refractivity contribution in [3.63, 3.8) is 0 Å². The van der Waals surface area contributed by atoms with Crippen LogP contribution in [0.25, 0.3) is 32.8 Å². The van der Waals surface area contributed by atoms with E-state index in [9.17, 15) is 15.0 Å². The maximum atomic E-state index is 16.6. The predicted molar refractivity (Wildman–Crippen MR) is 150 cm³/mol. The lowest BCUT2D eigenvalue weighted by Gasteiger charge is -2.44. The number of aliphatic hydroxyl groups is 1. The number of hydrogen-bond acceptors (Lipinski definition) is 8. The first-order valence-electron chi connectivity index (χ1n) is 12.8. The van der Waals surface area contributed by atoms with Crippen LogP contribution in [0.5, 0.6) is 5.75 Å². The Bertz CT molecular complexity index is 1590. The van der Waals surface area contributed by atoms with Crippen LogP contribution < -0.4 is 15.1 Å². The smallest absolute Gasteiger partial charge is 0.248 e. The monoisotopic (exact) mass is 550 g/mol. The number of aromatic hydroxyl groups is 1. The molecular formula is C28H28ClFN6O3. The molecule has 2 aliphatic heterocycles. The lowest BCUT2D eigenvalue weighted by atomic mass is 9.96. The van der Waals surface area contributed by atoms with Crippen molar-refractivity contribution < 1.29 is 19.4 Å². The van der Waals surface area contributed by atoms with E-state index < -0.39 is 12.4 Å². The molecule has 3 heterocycles. The van der Waals surface area contributed by atoms with Gasteiger partial charge in [-0.1, -0.05) is 35.9 Å². The number of halogens is 2. The van der Waals surface area contributed by atoms with Gasteiger partial charge in [-0.3, -0.25) is 4.79 Å². The SMILES string of the molecule is CN(C(=O)CO)C1CN(c2nc(N3CCNCC3)c3cc(Cl)c(-c4cc(O)cc5ccccc45)c(F)c3n2)C1. The largest absolute Gasteiger partial charge is 0.508 e. The number of benzene rings is 3. The summed E-state index contributed by atoms with van der Waals surface area (Å²) < 4.78 is 16.6. The summed E-state index contributed by atoms with van der Waals surface area (Å²) in [5.74, 6) is 0.0393. The molecule has 0 radical (unpaired) electrons. The second-order valence-corrected chi connectivity index (χ2v) is 10.4. The fourth-order valence-corrected chi connectivity index (χ4v) is 5.65. The second kappa shape index (κ2) is 10.1. The summed E-state index contributed by atoms with van der Waals surface area (Å²) in [7, 11) is 1.65. The molecule has 3 aromatic carbocycles. The molecule has 2 saturated heterocycles. The highest BCUT2D eigenvalue weighted by Gasteiger charge is 2.35. The van der Waals surface area contributed by atoms with Gasteiger partial charge in [0.15, 0.2) is 5.82 Å². The molecule has 1 aromatic heterocycles. The first-order valence-corrected chi connectivity index (χ1v) is 13.2. The predicted octanol–water partition coefficient (Wildman–Crippen LogP) is 3.00. The number of carbonyl (C=O) groups is 1. The summed E-state index contributed by atoms with van der Waals surface area (Å²) in [4.78, 5) is 26.9. The number of aromatic nitrogens is 2. The third-order valence-electron chi connectivity index (χ3n) is 7.60. The number of piperazine rings is 1. The minimum Gasteiger partial charge on any atom is -0.508 e. The number of phenolic OH excluding ortho intramolecular Hbond substituents is 1. The van der Waals surface area contributed by atoms with Gasteiger partial charge in [-0.15, -0.1) is 0 Å². The first kappa shape index (κ1) is 25.5. The van der Waals surface area contributed by atoms with Gasteiger partial charge < -0.3 is 30.2 Å². The maximum absolute atomic E-state index is 16.6. The van der Waals surface area contributed by atoms with Crippen LogP contribution in [0.4, 0.5) is 16.2 Å². The standard InChI is InChI=1S/C28H28ClFN6O3/c1-34(23(39)15-37)17-13-36(14-17)28-32-26-21(27(33-28)35-8-6-31-7-9-35)12-22(29)24(25(26)30)20-11-18(38)10-16-4-2-3-5-19(16)20/h2-5,10-12,17,31,37-38H,6-9,13-15H2,1H3. The Morgan fingerprint density at radius 1 is 1.13 bits per heavy atom. The molecule has 11 heteroatoms. The van der Waals surface area contributed by atoms with Crippen LogP contribution in [0.15, 0.2) is 42.5 Å². The average molecular weight is 551 g/mol. The van der Waals surface area contributed by atoms with E-state index in [2.05, 4.69) is 15.2 Å². The molecule has 0 bridgehead atoms. The molecule has 0 saturated carbocycles. The van der Waals surface area contributed by atoms with Crippen LogP contribution in [-0.4, -0.2) is 90.0 Å². The van der Waals surface area contributed by atoms with Crippen LogP contribution >= 0.6 is 11.6 Å². The fraction of sp³-hybridized carbons (Fsp3) is 0.321. The lowest BCUT2D eigenvalue weighted by molar-refractivity contribution is -0.135. The van der Waals surface area contributed by atoms with Gasteiger partial charge in [-0.25, -0.2) is 9.37 Å². The van der Waals surface area contributed by atoms with Crippen LogP contribution in [0.3, 0.4) is 0 Å². The molecule has 4 aromatic rings. The number of amides is 1. The van der Waals surface area contributed by atoms with E-state index in [1.807, 2.05) is 29.2 Å². The van der Waals surface area contributed by atoms with Crippen LogP contribution in [0.1, 0.15) is 0 Å². The van der Waals surface area contributed by atoms with Crippen molar-refractivity contribution in [2.24, 2.45) is 0 Å². The molecule has 6 rings (SSSR count). The third kappa shape index (κ3) is 4.48. The zero-order valence-electron chi connectivity index (χ0n) is 21.4. The highest BCUT2D eigenvalue weighted by Crippen LogP contribution is 2.42. The zero-order valence-corrected chi connectivity index (χ0v) is 22.1. The van der Waals surface area contributed by atoms with E-state index in [1.165, 1.54) is 11.0 Å². The summed E-state index contributed by atoms with van der Waals surface area (Å²) in [6, 6.07) is 12.2. The normalized spacial score (nSPS) is 16.1. The molecule has 0 aliphatic carbocycles. The van der Waals surface area contributed by atoms with Gasteiger partial charge in [-0.2, -0.15) is 4.98 Å². The summed E-state index contributed by atoms with van der Waals surface area (Å²) in [6.07, 6.45) is 0. The van der Waals surface area contributed by atoms with E-state index >= 15 is 4.39 Å². The number of anilines is 2. The van der Waals surface area contributed by atoms with Gasteiger partial charge in [0.25, 0.3) is 0 Å². The molecule has 1 amide bonds. The van der Waals surface area contributed by atoms with E-state index in [-0.39, 0.29) is 33.8 Å². The van der Waals surface area contributed by atoms with Crippen molar-refractivity contribution in [3.8, 4) is 16.9 Å². The number of nitrogens with zero attached hydrogens (tertiary/aromatic N) is 5. The Balaban J connectivity index is 1.50. The number of aliphatic hydroxyl groups excluding tert-OH is 1. The van der Waals surface area contributed by atoms with Crippen LogP contribution in [0, 0.1) is 5.82 Å². The third-order valence-corrected chi connectivity index (χ3v) is 7.90. The van der Waals surface area contributed by atoms with E-state index in [0.29, 0.717) is 48.9 Å². The summed E-state index contributed by atoms with van der Waals surface area (Å²) >= 11 is 6.77. The molecule has 202 valence electrons. The first-order chi connectivity index (χ1) is 18.9. The minimum atomic E-state index is -0.585. The summed E-state index contributed by atoms with van der Waals surface area (Å²) in [5.41, 5.74) is 0.789. The van der Waals surface area contributed by atoms with Crippen molar-refractivity contribution in [1.82, 2.24) is 20.2 Å². The number of fused-ring (bicyclic) bond motifs is 2. The number of phenols is 1. The topological polar surface area (TPSA) is 105 Å². The van der Waals surface area contributed by atoms with Gasteiger partial charge in [0.05, 0.1) is 11.1 Å². The minimum absolute atomic E-state index is 0.0114. The Morgan fingerprint density at radius 2 is 1.87 bits per heavy atom. The zero-order chi connectivity index (χ0) is 27.3. The van der Waals surface area contributed by atoms with E-state index in [4.69, 9.17) is 16.6 Å². The van der Waals surface area contributed by atoms with Crippen molar-refractivity contribution in [1.29, 1.82) is 0 Å². The van der Waals surface area contributed by atoms with Crippen LogP contribution in [-0.2, 0) is 4.79 Å². The molecule has 0 spiro atoms. The number of rotatable bonds is 5. The Morgan fingerprint density at radius 3 is 2.62 bits per heavy atom. The molecule has 9 nitrogen and oxygen atoms in total.